The van der Waals surface area contributed by atoms with Crippen LogP contribution >= 0.6 is 0 Å². The number of nitrogens with one attached hydrogen (secondary N) is 2. The van der Waals surface area contributed by atoms with E-state index in [2.05, 4.69) is 10.6 Å². The van der Waals surface area contributed by atoms with Gasteiger partial charge in [-0.3, -0.25) is 4.79 Å². The van der Waals surface area contributed by atoms with Gasteiger partial charge in [0, 0.05) is 6.42 Å². The monoisotopic (exact) mass is 216 g/mol. The van der Waals surface area contributed by atoms with Crippen LogP contribution in [0.1, 0.15) is 12.8 Å². The van der Waals surface area contributed by atoms with Gasteiger partial charge >= 0.3 is 5.97 Å². The van der Waals surface area contributed by atoms with Gasteiger partial charge in [0.25, 0.3) is 0 Å². The van der Waals surface area contributed by atoms with Crippen molar-refractivity contribution in [2.45, 2.75) is 18.9 Å². The minimum Gasteiger partial charge on any atom is -0.480 e. The summed E-state index contributed by atoms with van der Waals surface area (Å²) in [5.41, 5.74) is 0. The van der Waals surface area contributed by atoms with Crippen molar-refractivity contribution in [1.82, 2.24) is 10.6 Å². The van der Waals surface area contributed by atoms with Gasteiger partial charge in [-0.1, -0.05) is 0 Å². The average Bonchev–Trinajstić information content (AvgIpc) is 2.66. The average molecular weight is 216 g/mol. The predicted octanol–water partition coefficient (Wildman–Crippen LogP) is -1.45. The maximum atomic E-state index is 11.4. The Morgan fingerprint density at radius 2 is 2.27 bits per heavy atom. The topological polar surface area (TPSA) is 98.7 Å². The molecule has 1 amide bonds. The van der Waals surface area contributed by atoms with E-state index in [1.54, 1.807) is 0 Å². The van der Waals surface area contributed by atoms with Gasteiger partial charge in [-0.05, 0) is 25.4 Å². The number of carboxylic acid groups (broad SMARTS) is 1. The third kappa shape index (κ3) is 3.85. The molecule has 15 heavy (non-hydrogen) atoms. The van der Waals surface area contributed by atoms with E-state index in [1.165, 1.54) is 0 Å². The van der Waals surface area contributed by atoms with Crippen molar-refractivity contribution in [1.29, 1.82) is 0 Å². The van der Waals surface area contributed by atoms with E-state index in [4.69, 9.17) is 10.2 Å². The number of aliphatic hydroxyl groups is 1. The first kappa shape index (κ1) is 11.9. The maximum absolute atomic E-state index is 11.4. The number of hydrogen-bond acceptors (Lipinski definition) is 4. The molecule has 0 saturated carbocycles. The molecule has 0 aliphatic carbocycles. The summed E-state index contributed by atoms with van der Waals surface area (Å²) in [6, 6.07) is -1.19. The smallest absolute Gasteiger partial charge is 0.328 e. The lowest BCUT2D eigenvalue weighted by molar-refractivity contribution is -0.143. The Hall–Kier alpha value is -1.14. The minimum atomic E-state index is -1.21. The van der Waals surface area contributed by atoms with Crippen molar-refractivity contribution < 1.29 is 19.8 Å². The lowest BCUT2D eigenvalue weighted by atomic mass is 10.0. The molecule has 1 aliphatic heterocycles. The van der Waals surface area contributed by atoms with E-state index in [0.717, 1.165) is 19.5 Å². The highest BCUT2D eigenvalue weighted by Gasteiger charge is 2.22. The Labute approximate surface area is 87.7 Å². The van der Waals surface area contributed by atoms with Gasteiger partial charge in [0.05, 0.1) is 6.61 Å². The molecule has 0 spiro atoms. The summed E-state index contributed by atoms with van der Waals surface area (Å²) in [5, 5.41) is 22.7. The van der Waals surface area contributed by atoms with Crippen LogP contribution in [-0.2, 0) is 9.59 Å². The molecule has 0 radical (unpaired) electrons. The van der Waals surface area contributed by atoms with Crippen LogP contribution in [0.15, 0.2) is 0 Å². The van der Waals surface area contributed by atoms with E-state index >= 15 is 0 Å². The number of carbonyl (C=O) groups excluding carboxylic acids is 1. The van der Waals surface area contributed by atoms with Gasteiger partial charge < -0.3 is 20.8 Å². The zero-order valence-corrected chi connectivity index (χ0v) is 8.40. The fourth-order valence-corrected chi connectivity index (χ4v) is 1.59. The first-order valence-corrected chi connectivity index (χ1v) is 4.97. The molecule has 6 nitrogen and oxygen atoms in total. The van der Waals surface area contributed by atoms with Crippen molar-refractivity contribution in [2.75, 3.05) is 19.7 Å². The van der Waals surface area contributed by atoms with Crippen LogP contribution in [0.3, 0.4) is 0 Å². The second-order valence-electron chi connectivity index (χ2n) is 3.70. The molecule has 1 fully saturated rings. The maximum Gasteiger partial charge on any atom is 0.328 e. The quantitative estimate of drug-likeness (QED) is 0.450. The van der Waals surface area contributed by atoms with Gasteiger partial charge in [0.15, 0.2) is 0 Å². The second-order valence-corrected chi connectivity index (χ2v) is 3.70. The molecule has 86 valence electrons. The molecule has 0 aromatic rings. The summed E-state index contributed by atoms with van der Waals surface area (Å²) in [6.45, 7) is 1.12. The molecule has 1 saturated heterocycles. The van der Waals surface area contributed by atoms with E-state index in [9.17, 15) is 9.59 Å². The molecule has 0 aromatic carbocycles. The Balaban J connectivity index is 2.30. The number of rotatable bonds is 5. The van der Waals surface area contributed by atoms with Gasteiger partial charge in [-0.2, -0.15) is 0 Å². The van der Waals surface area contributed by atoms with Crippen LogP contribution in [0, 0.1) is 5.92 Å². The third-order valence-electron chi connectivity index (χ3n) is 2.45. The van der Waals surface area contributed by atoms with Crippen LogP contribution in [0.2, 0.25) is 0 Å². The zero-order valence-electron chi connectivity index (χ0n) is 8.40. The van der Waals surface area contributed by atoms with Crippen LogP contribution in [-0.4, -0.2) is 47.8 Å². The summed E-state index contributed by atoms with van der Waals surface area (Å²) in [6.07, 6.45) is 1.25. The molecule has 4 N–H and O–H groups in total. The van der Waals surface area contributed by atoms with Crippen LogP contribution in [0.4, 0.5) is 0 Å². The number of hydrogen-bond donors (Lipinski definition) is 4. The number of amides is 1. The Kier molecular flexibility index (Phi) is 4.51. The van der Waals surface area contributed by atoms with Gasteiger partial charge in [-0.25, -0.2) is 4.79 Å². The molecule has 1 rings (SSSR count). The van der Waals surface area contributed by atoms with Crippen LogP contribution in [0.25, 0.3) is 0 Å². The number of carboxylic acids is 1. The van der Waals surface area contributed by atoms with Crippen molar-refractivity contribution in [3.05, 3.63) is 0 Å². The fraction of sp³-hybridized carbons (Fsp3) is 0.778. The Morgan fingerprint density at radius 3 is 2.73 bits per heavy atom. The van der Waals surface area contributed by atoms with Crippen molar-refractivity contribution in [3.63, 3.8) is 0 Å². The normalized spacial score (nSPS) is 22.3. The number of aliphatic carboxylic acids is 1. The first-order chi connectivity index (χ1) is 7.13. The molecular weight excluding hydrogens is 200 g/mol. The molecular formula is C9H16N2O4. The fourth-order valence-electron chi connectivity index (χ4n) is 1.59. The van der Waals surface area contributed by atoms with Crippen LogP contribution < -0.4 is 10.6 Å². The molecule has 0 aromatic heterocycles. The highest BCUT2D eigenvalue weighted by atomic mass is 16.4. The summed E-state index contributed by atoms with van der Waals surface area (Å²) in [4.78, 5) is 21.9. The number of aliphatic hydroxyl groups excluding tert-OH is 1. The number of carbonyl (C=O) groups is 2. The van der Waals surface area contributed by atoms with E-state index < -0.39 is 18.6 Å². The van der Waals surface area contributed by atoms with Gasteiger partial charge in [0.1, 0.15) is 6.04 Å². The Bertz CT molecular complexity index is 238. The molecule has 1 aliphatic rings. The highest BCUT2D eigenvalue weighted by molar-refractivity contribution is 5.83. The third-order valence-corrected chi connectivity index (χ3v) is 2.45. The standard InChI is InChI=1S/C9H16N2O4/c12-5-7(9(14)15)11-8(13)3-6-1-2-10-4-6/h6-7,10,12H,1-5H2,(H,11,13)(H,14,15)/t6?,7-/m0/s1. The van der Waals surface area contributed by atoms with Crippen molar-refractivity contribution in [3.8, 4) is 0 Å². The summed E-state index contributed by atoms with van der Waals surface area (Å²) in [5.74, 6) is -1.25. The molecule has 2 atom stereocenters. The van der Waals surface area contributed by atoms with Crippen molar-refractivity contribution in [2.24, 2.45) is 5.92 Å². The van der Waals surface area contributed by atoms with Crippen molar-refractivity contribution >= 4 is 11.9 Å². The summed E-state index contributed by atoms with van der Waals surface area (Å²) >= 11 is 0. The SMILES string of the molecule is O=C(CC1CCNC1)N[C@@H](CO)C(=O)O. The molecule has 1 unspecified atom stereocenters. The molecule has 6 heteroatoms. The summed E-state index contributed by atoms with van der Waals surface area (Å²) < 4.78 is 0. The van der Waals surface area contributed by atoms with Crippen LogP contribution in [0.5, 0.6) is 0 Å². The molecule has 1 heterocycles. The molecule has 0 bridgehead atoms. The predicted molar refractivity (Wildman–Crippen MR) is 52.2 cm³/mol. The highest BCUT2D eigenvalue weighted by Crippen LogP contribution is 2.11. The van der Waals surface area contributed by atoms with Gasteiger partial charge in [-0.15, -0.1) is 0 Å². The Morgan fingerprint density at radius 1 is 1.53 bits per heavy atom. The second kappa shape index (κ2) is 5.67. The first-order valence-electron chi connectivity index (χ1n) is 4.97. The largest absolute Gasteiger partial charge is 0.480 e. The van der Waals surface area contributed by atoms with E-state index in [-0.39, 0.29) is 11.8 Å². The van der Waals surface area contributed by atoms with E-state index in [0.29, 0.717) is 6.42 Å². The van der Waals surface area contributed by atoms with Gasteiger partial charge in [0.2, 0.25) is 5.91 Å². The minimum absolute atomic E-state index is 0.276. The zero-order chi connectivity index (χ0) is 11.3. The lowest BCUT2D eigenvalue weighted by Crippen LogP contribution is -2.43. The van der Waals surface area contributed by atoms with E-state index in [1.807, 2.05) is 0 Å². The lowest BCUT2D eigenvalue weighted by Gasteiger charge is -2.13. The summed E-state index contributed by atoms with van der Waals surface area (Å²) in [7, 11) is 0.